The van der Waals surface area contributed by atoms with Crippen LogP contribution >= 0.6 is 11.3 Å². The Labute approximate surface area is 158 Å². The van der Waals surface area contributed by atoms with Gasteiger partial charge in [0.1, 0.15) is 11.0 Å². The number of amides is 1. The molecule has 2 rings (SSSR count). The quantitative estimate of drug-likeness (QED) is 0.791. The Bertz CT molecular complexity index is 812. The molecule has 2 aromatic heterocycles. The largest absolute Gasteiger partial charge is 0.424 e. The minimum atomic E-state index is -5.07. The van der Waals surface area contributed by atoms with Gasteiger partial charge in [-0.1, -0.05) is 25.9 Å². The molecule has 0 fully saturated rings. The standard InChI is InChI=1S/C16H21F3N4O3S/c1-8-7-27-13(20-8)15(25,16(17,18)19)6-10(24)21-9(2)11-22-12(23-26-11)14(3,4)5/h7,9,25H,6H2,1-5H3,(H,21,24)/t9-,15+/m1/s1. The molecule has 2 aromatic rings. The van der Waals surface area contributed by atoms with Gasteiger partial charge in [0.15, 0.2) is 5.82 Å². The molecule has 0 aliphatic carbocycles. The first-order chi connectivity index (χ1) is 12.2. The molecule has 150 valence electrons. The molecule has 2 N–H and O–H groups in total. The number of hydrogen-bond acceptors (Lipinski definition) is 7. The summed E-state index contributed by atoms with van der Waals surface area (Å²) in [7, 11) is 0. The van der Waals surface area contributed by atoms with Crippen LogP contribution in [-0.2, 0) is 15.8 Å². The molecule has 2 atom stereocenters. The van der Waals surface area contributed by atoms with Crippen LogP contribution in [0.25, 0.3) is 0 Å². The van der Waals surface area contributed by atoms with E-state index in [1.54, 1.807) is 0 Å². The maximum absolute atomic E-state index is 13.5. The van der Waals surface area contributed by atoms with Crippen LogP contribution in [0.4, 0.5) is 13.2 Å². The van der Waals surface area contributed by atoms with Gasteiger partial charge in [0.2, 0.25) is 17.4 Å². The van der Waals surface area contributed by atoms with Crippen molar-refractivity contribution < 1.29 is 27.6 Å². The molecule has 0 saturated heterocycles. The number of alkyl halides is 3. The summed E-state index contributed by atoms with van der Waals surface area (Å²) in [4.78, 5) is 20.0. The molecule has 2 heterocycles. The van der Waals surface area contributed by atoms with E-state index in [1.165, 1.54) is 19.2 Å². The zero-order chi connectivity index (χ0) is 20.6. The number of rotatable bonds is 5. The van der Waals surface area contributed by atoms with Gasteiger partial charge < -0.3 is 14.9 Å². The minimum Gasteiger partial charge on any atom is -0.374 e. The second-order valence-corrected chi connectivity index (χ2v) is 8.18. The van der Waals surface area contributed by atoms with E-state index in [-0.39, 0.29) is 11.3 Å². The molecular weight excluding hydrogens is 385 g/mol. The van der Waals surface area contributed by atoms with Gasteiger partial charge >= 0.3 is 6.18 Å². The molecule has 7 nitrogen and oxygen atoms in total. The molecule has 0 radical (unpaired) electrons. The molecule has 0 unspecified atom stereocenters. The van der Waals surface area contributed by atoms with Crippen LogP contribution in [0.15, 0.2) is 9.90 Å². The topological polar surface area (TPSA) is 101 Å². The summed E-state index contributed by atoms with van der Waals surface area (Å²) in [6.07, 6.45) is -6.30. The zero-order valence-corrected chi connectivity index (χ0v) is 16.3. The first-order valence-electron chi connectivity index (χ1n) is 8.09. The van der Waals surface area contributed by atoms with E-state index < -0.39 is 35.2 Å². The lowest BCUT2D eigenvalue weighted by Gasteiger charge is -2.28. The highest BCUT2D eigenvalue weighted by atomic mass is 32.1. The van der Waals surface area contributed by atoms with Crippen molar-refractivity contribution >= 4 is 17.2 Å². The number of hydrogen-bond donors (Lipinski definition) is 2. The van der Waals surface area contributed by atoms with Crippen molar-refractivity contribution in [2.45, 2.75) is 64.3 Å². The molecule has 0 aliphatic heterocycles. The third-order valence-corrected chi connectivity index (χ3v) is 4.83. The van der Waals surface area contributed by atoms with Gasteiger partial charge in [-0.2, -0.15) is 18.2 Å². The summed E-state index contributed by atoms with van der Waals surface area (Å²) in [5.74, 6) is -0.553. The predicted molar refractivity (Wildman–Crippen MR) is 91.0 cm³/mol. The summed E-state index contributed by atoms with van der Waals surface area (Å²) in [5.41, 5.74) is -3.43. The van der Waals surface area contributed by atoms with Gasteiger partial charge in [0.05, 0.1) is 6.42 Å². The first-order valence-corrected chi connectivity index (χ1v) is 8.97. The van der Waals surface area contributed by atoms with Crippen molar-refractivity contribution in [1.82, 2.24) is 20.4 Å². The van der Waals surface area contributed by atoms with Crippen molar-refractivity contribution in [2.75, 3.05) is 0 Å². The summed E-state index contributed by atoms with van der Waals surface area (Å²) in [5, 5.41) is 17.2. The summed E-state index contributed by atoms with van der Waals surface area (Å²) >= 11 is 0.645. The number of aliphatic hydroxyl groups is 1. The monoisotopic (exact) mass is 406 g/mol. The first kappa shape index (κ1) is 21.3. The van der Waals surface area contributed by atoms with E-state index >= 15 is 0 Å². The third kappa shape index (κ3) is 4.64. The lowest BCUT2D eigenvalue weighted by molar-refractivity contribution is -0.267. The molecule has 0 aromatic carbocycles. The summed E-state index contributed by atoms with van der Waals surface area (Å²) in [6, 6.07) is -0.823. The SMILES string of the molecule is Cc1csc([C@@](O)(CC(=O)N[C@H](C)c2nc(C(C)(C)C)no2)C(F)(F)F)n1. The average molecular weight is 406 g/mol. The highest BCUT2D eigenvalue weighted by Gasteiger charge is 2.58. The Morgan fingerprint density at radius 1 is 1.33 bits per heavy atom. The Morgan fingerprint density at radius 2 is 1.96 bits per heavy atom. The number of nitrogens with zero attached hydrogens (tertiary/aromatic N) is 3. The fraction of sp³-hybridized carbons (Fsp3) is 0.625. The Morgan fingerprint density at radius 3 is 2.41 bits per heavy atom. The van der Waals surface area contributed by atoms with E-state index in [9.17, 15) is 23.1 Å². The van der Waals surface area contributed by atoms with Crippen LogP contribution in [0.1, 0.15) is 62.6 Å². The van der Waals surface area contributed by atoms with Gasteiger partial charge in [-0.25, -0.2) is 4.98 Å². The van der Waals surface area contributed by atoms with Gasteiger partial charge in [0.25, 0.3) is 0 Å². The van der Waals surface area contributed by atoms with Crippen molar-refractivity contribution in [3.8, 4) is 0 Å². The van der Waals surface area contributed by atoms with Gasteiger partial charge in [-0.05, 0) is 13.8 Å². The molecule has 1 amide bonds. The fourth-order valence-electron chi connectivity index (χ4n) is 2.14. The number of nitrogens with one attached hydrogen (secondary N) is 1. The smallest absolute Gasteiger partial charge is 0.374 e. The molecule has 0 spiro atoms. The van der Waals surface area contributed by atoms with E-state index in [0.717, 1.165) is 0 Å². The van der Waals surface area contributed by atoms with Crippen LogP contribution in [0.5, 0.6) is 0 Å². The van der Waals surface area contributed by atoms with Gasteiger partial charge in [-0.3, -0.25) is 4.79 Å². The third-order valence-electron chi connectivity index (χ3n) is 3.72. The van der Waals surface area contributed by atoms with Crippen LogP contribution < -0.4 is 5.32 Å². The van der Waals surface area contributed by atoms with E-state index in [1.807, 2.05) is 20.8 Å². The van der Waals surface area contributed by atoms with Crippen molar-refractivity contribution in [3.63, 3.8) is 0 Å². The van der Waals surface area contributed by atoms with Crippen molar-refractivity contribution in [1.29, 1.82) is 0 Å². The maximum Gasteiger partial charge on any atom is 0.424 e. The van der Waals surface area contributed by atoms with E-state index in [4.69, 9.17) is 4.52 Å². The molecule has 11 heteroatoms. The van der Waals surface area contributed by atoms with E-state index in [2.05, 4.69) is 20.4 Å². The number of carbonyl (C=O) groups is 1. The highest BCUT2D eigenvalue weighted by molar-refractivity contribution is 7.09. The maximum atomic E-state index is 13.5. The Balaban J connectivity index is 2.15. The van der Waals surface area contributed by atoms with Gasteiger partial charge in [-0.15, -0.1) is 11.3 Å². The Kier molecular flexibility index (Phi) is 5.67. The number of halogens is 3. The highest BCUT2D eigenvalue weighted by Crippen LogP contribution is 2.42. The second-order valence-electron chi connectivity index (χ2n) is 7.32. The van der Waals surface area contributed by atoms with Crippen LogP contribution in [0, 0.1) is 6.92 Å². The average Bonchev–Trinajstić information content (AvgIpc) is 3.13. The van der Waals surface area contributed by atoms with Gasteiger partial charge in [0, 0.05) is 16.5 Å². The predicted octanol–water partition coefficient (Wildman–Crippen LogP) is 3.15. The lowest BCUT2D eigenvalue weighted by atomic mass is 9.96. The molecule has 0 saturated carbocycles. The molecular formula is C16H21F3N4O3S. The molecule has 27 heavy (non-hydrogen) atoms. The number of aromatic nitrogens is 3. The minimum absolute atomic E-state index is 0.0638. The number of aryl methyl sites for hydroxylation is 1. The summed E-state index contributed by atoms with van der Waals surface area (Å²) in [6.45, 7) is 8.60. The van der Waals surface area contributed by atoms with Crippen LogP contribution in [-0.4, -0.2) is 32.3 Å². The fourth-order valence-corrected chi connectivity index (χ4v) is 3.06. The normalized spacial score (nSPS) is 16.0. The lowest BCUT2D eigenvalue weighted by Crippen LogP contribution is -2.46. The Hall–Kier alpha value is -2.01. The van der Waals surface area contributed by atoms with Crippen molar-refractivity contribution in [2.24, 2.45) is 0 Å². The number of thiazole rings is 1. The molecule has 0 bridgehead atoms. The van der Waals surface area contributed by atoms with Crippen LogP contribution in [0.2, 0.25) is 0 Å². The zero-order valence-electron chi connectivity index (χ0n) is 15.5. The van der Waals surface area contributed by atoms with Crippen molar-refractivity contribution in [3.05, 3.63) is 27.8 Å². The van der Waals surface area contributed by atoms with E-state index in [0.29, 0.717) is 22.9 Å². The summed E-state index contributed by atoms with van der Waals surface area (Å²) < 4.78 is 45.4. The molecule has 0 aliphatic rings. The number of carbonyl (C=O) groups excluding carboxylic acids is 1. The second kappa shape index (κ2) is 7.19. The van der Waals surface area contributed by atoms with Crippen LogP contribution in [0.3, 0.4) is 0 Å².